The zero-order chi connectivity index (χ0) is 7.56. The van der Waals surface area contributed by atoms with Crippen molar-refractivity contribution in [3.05, 3.63) is 0 Å². The largest absolute Gasteiger partial charge is 0.480 e. The van der Waals surface area contributed by atoms with Crippen LogP contribution in [0.15, 0.2) is 0 Å². The molecule has 1 aliphatic heterocycles. The first-order chi connectivity index (χ1) is 4.75. The SMILES string of the molecule is N#CN1CCC[C@@H]1C(=O)O. The summed E-state index contributed by atoms with van der Waals surface area (Å²) in [6.45, 7) is 0.591. The van der Waals surface area contributed by atoms with Gasteiger partial charge in [0.2, 0.25) is 0 Å². The molecule has 0 aromatic carbocycles. The van der Waals surface area contributed by atoms with Gasteiger partial charge in [-0.3, -0.25) is 4.90 Å². The second kappa shape index (κ2) is 2.56. The zero-order valence-corrected chi connectivity index (χ0v) is 5.45. The average Bonchev–Trinajstić information content (AvgIpc) is 2.33. The highest BCUT2D eigenvalue weighted by Gasteiger charge is 2.29. The number of likely N-dealkylation sites (tertiary alicyclic amines) is 1. The van der Waals surface area contributed by atoms with Crippen LogP contribution < -0.4 is 0 Å². The molecule has 0 aliphatic carbocycles. The summed E-state index contributed by atoms with van der Waals surface area (Å²) in [5.41, 5.74) is 0. The van der Waals surface area contributed by atoms with Crippen molar-refractivity contribution in [2.24, 2.45) is 0 Å². The van der Waals surface area contributed by atoms with E-state index >= 15 is 0 Å². The number of aliphatic carboxylic acids is 1. The number of nitrogens with zero attached hydrogens (tertiary/aromatic N) is 2. The van der Waals surface area contributed by atoms with Gasteiger partial charge in [-0.25, -0.2) is 4.79 Å². The summed E-state index contributed by atoms with van der Waals surface area (Å²) in [5, 5.41) is 16.9. The molecule has 1 atom stereocenters. The van der Waals surface area contributed by atoms with E-state index in [1.165, 1.54) is 4.90 Å². The van der Waals surface area contributed by atoms with Gasteiger partial charge in [0.25, 0.3) is 0 Å². The molecule has 0 aromatic heterocycles. The molecule has 4 heteroatoms. The van der Waals surface area contributed by atoms with Gasteiger partial charge in [0.05, 0.1) is 0 Å². The first-order valence-corrected chi connectivity index (χ1v) is 3.15. The molecule has 4 nitrogen and oxygen atoms in total. The third-order valence-electron chi connectivity index (χ3n) is 1.67. The summed E-state index contributed by atoms with van der Waals surface area (Å²) in [4.78, 5) is 11.7. The standard InChI is InChI=1S/C6H8N2O2/c7-4-8-3-1-2-5(8)6(9)10/h5H,1-3H2,(H,9,10)/t5-/m1/s1. The van der Waals surface area contributed by atoms with Crippen LogP contribution in [0.25, 0.3) is 0 Å². The lowest BCUT2D eigenvalue weighted by Gasteiger charge is -2.11. The van der Waals surface area contributed by atoms with Gasteiger partial charge < -0.3 is 5.11 Å². The van der Waals surface area contributed by atoms with E-state index in [1.54, 1.807) is 0 Å². The Kier molecular flexibility index (Phi) is 1.76. The number of hydrogen-bond donors (Lipinski definition) is 1. The zero-order valence-electron chi connectivity index (χ0n) is 5.45. The predicted molar refractivity (Wildman–Crippen MR) is 33.0 cm³/mol. The Morgan fingerprint density at radius 2 is 2.50 bits per heavy atom. The molecule has 0 bridgehead atoms. The Morgan fingerprint density at radius 1 is 1.80 bits per heavy atom. The highest BCUT2D eigenvalue weighted by atomic mass is 16.4. The highest BCUT2D eigenvalue weighted by Crippen LogP contribution is 2.15. The quantitative estimate of drug-likeness (QED) is 0.521. The summed E-state index contributed by atoms with van der Waals surface area (Å²) in [7, 11) is 0. The summed E-state index contributed by atoms with van der Waals surface area (Å²) in [6.07, 6.45) is 3.26. The van der Waals surface area contributed by atoms with Crippen molar-refractivity contribution in [1.29, 1.82) is 5.26 Å². The van der Waals surface area contributed by atoms with Crippen LogP contribution in [-0.4, -0.2) is 28.6 Å². The third kappa shape index (κ3) is 1.03. The van der Waals surface area contributed by atoms with E-state index in [9.17, 15) is 4.79 Å². The van der Waals surface area contributed by atoms with E-state index in [4.69, 9.17) is 10.4 Å². The summed E-state index contributed by atoms with van der Waals surface area (Å²) in [5.74, 6) is -0.890. The molecule has 0 amide bonds. The maximum Gasteiger partial charge on any atom is 0.327 e. The molecule has 0 aromatic rings. The Balaban J connectivity index is 2.61. The van der Waals surface area contributed by atoms with Crippen molar-refractivity contribution >= 4 is 5.97 Å². The Morgan fingerprint density at radius 3 is 2.90 bits per heavy atom. The molecule has 1 N–H and O–H groups in total. The molecular weight excluding hydrogens is 132 g/mol. The minimum Gasteiger partial charge on any atom is -0.480 e. The van der Waals surface area contributed by atoms with Gasteiger partial charge in [0, 0.05) is 6.54 Å². The van der Waals surface area contributed by atoms with Crippen LogP contribution in [0.1, 0.15) is 12.8 Å². The number of carboxylic acids is 1. The van der Waals surface area contributed by atoms with Crippen molar-refractivity contribution < 1.29 is 9.90 Å². The normalized spacial score (nSPS) is 24.3. The van der Waals surface area contributed by atoms with Crippen molar-refractivity contribution in [3.63, 3.8) is 0 Å². The second-order valence-electron chi connectivity index (χ2n) is 2.29. The lowest BCUT2D eigenvalue weighted by molar-refractivity contribution is -0.141. The van der Waals surface area contributed by atoms with Gasteiger partial charge in [-0.1, -0.05) is 0 Å². The van der Waals surface area contributed by atoms with Crippen LogP contribution in [0, 0.1) is 11.5 Å². The van der Waals surface area contributed by atoms with Gasteiger partial charge in [0.1, 0.15) is 6.04 Å². The van der Waals surface area contributed by atoms with Gasteiger partial charge in [-0.15, -0.1) is 0 Å². The number of carboxylic acid groups (broad SMARTS) is 1. The van der Waals surface area contributed by atoms with Crippen molar-refractivity contribution in [2.75, 3.05) is 6.54 Å². The van der Waals surface area contributed by atoms with Crippen LogP contribution >= 0.6 is 0 Å². The fraction of sp³-hybridized carbons (Fsp3) is 0.667. The molecule has 0 unspecified atom stereocenters. The van der Waals surface area contributed by atoms with Gasteiger partial charge in [-0.05, 0) is 12.8 Å². The van der Waals surface area contributed by atoms with E-state index in [0.717, 1.165) is 6.42 Å². The molecule has 1 fully saturated rings. The molecule has 54 valence electrons. The minimum absolute atomic E-state index is 0.565. The van der Waals surface area contributed by atoms with Crippen molar-refractivity contribution in [2.45, 2.75) is 18.9 Å². The lowest BCUT2D eigenvalue weighted by Crippen LogP contribution is -2.31. The molecule has 1 rings (SSSR count). The van der Waals surface area contributed by atoms with Crippen LogP contribution in [-0.2, 0) is 4.79 Å². The van der Waals surface area contributed by atoms with E-state index in [0.29, 0.717) is 13.0 Å². The van der Waals surface area contributed by atoms with Crippen LogP contribution in [0.4, 0.5) is 0 Å². The number of hydrogen-bond acceptors (Lipinski definition) is 3. The minimum atomic E-state index is -0.890. The monoisotopic (exact) mass is 140 g/mol. The number of rotatable bonds is 1. The number of carbonyl (C=O) groups is 1. The average molecular weight is 140 g/mol. The van der Waals surface area contributed by atoms with E-state index in [1.807, 2.05) is 6.19 Å². The molecule has 0 saturated carbocycles. The molecule has 0 radical (unpaired) electrons. The maximum atomic E-state index is 10.4. The molecule has 10 heavy (non-hydrogen) atoms. The fourth-order valence-electron chi connectivity index (χ4n) is 1.14. The predicted octanol–water partition coefficient (Wildman–Crippen LogP) is 0.0165. The fourth-order valence-corrected chi connectivity index (χ4v) is 1.14. The first-order valence-electron chi connectivity index (χ1n) is 3.15. The second-order valence-corrected chi connectivity index (χ2v) is 2.29. The molecule has 0 spiro atoms. The number of nitriles is 1. The van der Waals surface area contributed by atoms with Gasteiger partial charge in [0.15, 0.2) is 6.19 Å². The molecular formula is C6H8N2O2. The van der Waals surface area contributed by atoms with E-state index in [2.05, 4.69) is 0 Å². The van der Waals surface area contributed by atoms with Gasteiger partial charge in [-0.2, -0.15) is 5.26 Å². The van der Waals surface area contributed by atoms with E-state index < -0.39 is 12.0 Å². The smallest absolute Gasteiger partial charge is 0.327 e. The Bertz CT molecular complexity index is 185. The summed E-state index contributed by atoms with van der Waals surface area (Å²) < 4.78 is 0. The summed E-state index contributed by atoms with van der Waals surface area (Å²) in [6, 6.07) is -0.565. The third-order valence-corrected chi connectivity index (χ3v) is 1.67. The van der Waals surface area contributed by atoms with E-state index in [-0.39, 0.29) is 0 Å². The van der Waals surface area contributed by atoms with Crippen LogP contribution in [0.2, 0.25) is 0 Å². The Hall–Kier alpha value is -1.24. The van der Waals surface area contributed by atoms with Crippen molar-refractivity contribution in [3.8, 4) is 6.19 Å². The Labute approximate surface area is 58.7 Å². The summed E-state index contributed by atoms with van der Waals surface area (Å²) >= 11 is 0. The first kappa shape index (κ1) is 6.87. The van der Waals surface area contributed by atoms with Crippen LogP contribution in [0.5, 0.6) is 0 Å². The highest BCUT2D eigenvalue weighted by molar-refractivity contribution is 5.74. The maximum absolute atomic E-state index is 10.4. The van der Waals surface area contributed by atoms with Gasteiger partial charge >= 0.3 is 5.97 Å². The molecule has 1 saturated heterocycles. The lowest BCUT2D eigenvalue weighted by atomic mass is 10.2. The van der Waals surface area contributed by atoms with Crippen LogP contribution in [0.3, 0.4) is 0 Å². The molecule has 1 heterocycles. The van der Waals surface area contributed by atoms with Crippen molar-refractivity contribution in [1.82, 2.24) is 4.90 Å². The topological polar surface area (TPSA) is 64.3 Å². The molecule has 1 aliphatic rings.